The van der Waals surface area contributed by atoms with Gasteiger partial charge in [-0.3, -0.25) is 0 Å². The van der Waals surface area contributed by atoms with E-state index in [0.29, 0.717) is 0 Å². The van der Waals surface area contributed by atoms with Crippen molar-refractivity contribution in [3.8, 4) is 0 Å². The van der Waals surface area contributed by atoms with Gasteiger partial charge >= 0.3 is 0 Å². The highest BCUT2D eigenvalue weighted by molar-refractivity contribution is 7.83. The first-order chi connectivity index (χ1) is 4.85. The first kappa shape index (κ1) is 10.1. The monoisotopic (exact) mass is 158 g/mol. The van der Waals surface area contributed by atoms with Gasteiger partial charge in [-0.05, 0) is 24.2 Å². The quantitative estimate of drug-likeness (QED) is 0.580. The zero-order valence-corrected chi connectivity index (χ0v) is 7.90. The van der Waals surface area contributed by atoms with Crippen LogP contribution in [0.15, 0.2) is 11.5 Å². The molecule has 0 aliphatic carbocycles. The van der Waals surface area contributed by atoms with Crippen LogP contribution < -0.4 is 0 Å². The average molecular weight is 158 g/mol. The Bertz CT molecular complexity index is 86.7. The Kier molecular flexibility index (Phi) is 7.26. The number of allylic oxidation sites excluding steroid dienone is 1. The summed E-state index contributed by atoms with van der Waals surface area (Å²) in [4.78, 5) is 0. The summed E-state index contributed by atoms with van der Waals surface area (Å²) in [5.74, 6) is 0.762. The van der Waals surface area contributed by atoms with E-state index in [0.717, 1.165) is 5.92 Å². The number of hydrogen-bond donors (Lipinski definition) is 1. The van der Waals surface area contributed by atoms with Crippen molar-refractivity contribution < 1.29 is 0 Å². The van der Waals surface area contributed by atoms with Crippen LogP contribution in [-0.4, -0.2) is 0 Å². The smallest absolute Gasteiger partial charge is 0.0228 e. The third-order valence-electron chi connectivity index (χ3n) is 1.81. The van der Waals surface area contributed by atoms with Crippen molar-refractivity contribution >= 4 is 12.6 Å². The van der Waals surface area contributed by atoms with Gasteiger partial charge in [0, 0.05) is 0 Å². The fourth-order valence-electron chi connectivity index (χ4n) is 1.02. The van der Waals surface area contributed by atoms with E-state index in [-0.39, 0.29) is 0 Å². The number of rotatable bonds is 5. The molecule has 0 heterocycles. The summed E-state index contributed by atoms with van der Waals surface area (Å²) >= 11 is 4.06. The summed E-state index contributed by atoms with van der Waals surface area (Å²) in [6.45, 7) is 4.46. The van der Waals surface area contributed by atoms with Crippen molar-refractivity contribution in [3.05, 3.63) is 11.5 Å². The van der Waals surface area contributed by atoms with Crippen molar-refractivity contribution in [2.24, 2.45) is 5.92 Å². The maximum Gasteiger partial charge on any atom is -0.0228 e. The lowest BCUT2D eigenvalue weighted by molar-refractivity contribution is 0.541. The molecule has 0 aliphatic heterocycles. The minimum Gasteiger partial charge on any atom is -0.152 e. The van der Waals surface area contributed by atoms with E-state index in [1.54, 1.807) is 0 Å². The van der Waals surface area contributed by atoms with Crippen molar-refractivity contribution in [1.82, 2.24) is 0 Å². The number of hydrogen-bond acceptors (Lipinski definition) is 1. The molecule has 0 aromatic rings. The minimum atomic E-state index is 0.762. The normalized spacial score (nSPS) is 14.3. The van der Waals surface area contributed by atoms with Gasteiger partial charge in [0.1, 0.15) is 0 Å². The number of thiol groups is 1. The second-order valence-electron chi connectivity index (χ2n) is 2.65. The minimum absolute atomic E-state index is 0.762. The molecule has 0 aromatic heterocycles. The van der Waals surface area contributed by atoms with Gasteiger partial charge < -0.3 is 0 Å². The molecule has 10 heavy (non-hydrogen) atoms. The van der Waals surface area contributed by atoms with Gasteiger partial charge in [-0.2, -0.15) is 12.6 Å². The molecular weight excluding hydrogens is 140 g/mol. The Morgan fingerprint density at radius 1 is 1.40 bits per heavy atom. The molecule has 0 saturated heterocycles. The van der Waals surface area contributed by atoms with Crippen molar-refractivity contribution in [2.45, 2.75) is 39.5 Å². The second-order valence-corrected chi connectivity index (χ2v) is 2.95. The van der Waals surface area contributed by atoms with Gasteiger partial charge in [0.2, 0.25) is 0 Å². The molecule has 0 nitrogen and oxygen atoms in total. The van der Waals surface area contributed by atoms with Gasteiger partial charge in [0.25, 0.3) is 0 Å². The Balaban J connectivity index is 3.39. The lowest BCUT2D eigenvalue weighted by atomic mass is 10.00. The molecule has 1 unspecified atom stereocenters. The van der Waals surface area contributed by atoms with E-state index in [9.17, 15) is 0 Å². The standard InChI is InChI=1S/C9H18S/c1-3-5-6-9(4-2)7-8-10/h7-10H,3-6H2,1-2H3/b8-7-. The molecule has 60 valence electrons. The van der Waals surface area contributed by atoms with Gasteiger partial charge in [-0.1, -0.05) is 32.8 Å². The summed E-state index contributed by atoms with van der Waals surface area (Å²) < 4.78 is 0. The van der Waals surface area contributed by atoms with E-state index in [1.807, 2.05) is 5.41 Å². The molecule has 1 heteroatoms. The van der Waals surface area contributed by atoms with Crippen LogP contribution in [0.3, 0.4) is 0 Å². The van der Waals surface area contributed by atoms with E-state index in [1.165, 1.54) is 25.7 Å². The highest BCUT2D eigenvalue weighted by Crippen LogP contribution is 2.13. The van der Waals surface area contributed by atoms with Crippen LogP contribution in [-0.2, 0) is 0 Å². The second kappa shape index (κ2) is 7.20. The van der Waals surface area contributed by atoms with Gasteiger partial charge in [0.15, 0.2) is 0 Å². The molecule has 0 radical (unpaired) electrons. The zero-order valence-electron chi connectivity index (χ0n) is 7.01. The molecule has 0 aliphatic rings. The summed E-state index contributed by atoms with van der Waals surface area (Å²) in [6, 6.07) is 0. The molecular formula is C9H18S. The van der Waals surface area contributed by atoms with Gasteiger partial charge in [0.05, 0.1) is 0 Å². The van der Waals surface area contributed by atoms with E-state index in [2.05, 4.69) is 32.6 Å². The Morgan fingerprint density at radius 3 is 2.50 bits per heavy atom. The van der Waals surface area contributed by atoms with Crippen molar-refractivity contribution in [1.29, 1.82) is 0 Å². The SMILES string of the molecule is CCCCC(/C=C\S)CC. The fraction of sp³-hybridized carbons (Fsp3) is 0.778. The first-order valence-electron chi connectivity index (χ1n) is 4.16. The molecule has 0 rings (SSSR count). The molecule has 0 saturated carbocycles. The van der Waals surface area contributed by atoms with Gasteiger partial charge in [-0.15, -0.1) is 0 Å². The van der Waals surface area contributed by atoms with Crippen LogP contribution in [0, 0.1) is 5.92 Å². The summed E-state index contributed by atoms with van der Waals surface area (Å²) in [5, 5.41) is 1.86. The highest BCUT2D eigenvalue weighted by atomic mass is 32.1. The van der Waals surface area contributed by atoms with E-state index in [4.69, 9.17) is 0 Å². The Morgan fingerprint density at radius 2 is 2.10 bits per heavy atom. The summed E-state index contributed by atoms with van der Waals surface area (Å²) in [7, 11) is 0. The molecule has 0 spiro atoms. The lowest BCUT2D eigenvalue weighted by Gasteiger charge is -2.07. The number of unbranched alkanes of at least 4 members (excludes halogenated alkanes) is 1. The maximum absolute atomic E-state index is 4.06. The van der Waals surface area contributed by atoms with Crippen LogP contribution >= 0.6 is 12.6 Å². The summed E-state index contributed by atoms with van der Waals surface area (Å²) in [5.41, 5.74) is 0. The van der Waals surface area contributed by atoms with Crippen molar-refractivity contribution in [2.75, 3.05) is 0 Å². The first-order valence-corrected chi connectivity index (χ1v) is 4.67. The Hall–Kier alpha value is 0.0900. The molecule has 0 aromatic carbocycles. The van der Waals surface area contributed by atoms with Crippen LogP contribution in [0.4, 0.5) is 0 Å². The Labute approximate surface area is 70.1 Å². The maximum atomic E-state index is 4.06. The van der Waals surface area contributed by atoms with E-state index < -0.39 is 0 Å². The predicted octanol–water partition coefficient (Wildman–Crippen LogP) is 3.65. The predicted molar refractivity (Wildman–Crippen MR) is 51.4 cm³/mol. The third-order valence-corrected chi connectivity index (χ3v) is 1.98. The topological polar surface area (TPSA) is 0 Å². The molecule has 0 bridgehead atoms. The van der Waals surface area contributed by atoms with Crippen LogP contribution in [0.25, 0.3) is 0 Å². The van der Waals surface area contributed by atoms with Crippen LogP contribution in [0.5, 0.6) is 0 Å². The molecule has 0 amide bonds. The lowest BCUT2D eigenvalue weighted by Crippen LogP contribution is -1.92. The average Bonchev–Trinajstić information content (AvgIpc) is 1.98. The van der Waals surface area contributed by atoms with Crippen LogP contribution in [0.2, 0.25) is 0 Å². The molecule has 0 N–H and O–H groups in total. The zero-order chi connectivity index (χ0) is 7.82. The molecule has 1 atom stereocenters. The summed E-state index contributed by atoms with van der Waals surface area (Å²) in [6.07, 6.45) is 7.41. The highest BCUT2D eigenvalue weighted by Gasteiger charge is 1.98. The van der Waals surface area contributed by atoms with Crippen molar-refractivity contribution in [3.63, 3.8) is 0 Å². The van der Waals surface area contributed by atoms with E-state index >= 15 is 0 Å². The third kappa shape index (κ3) is 4.92. The van der Waals surface area contributed by atoms with Crippen LogP contribution in [0.1, 0.15) is 39.5 Å². The fourth-order valence-corrected chi connectivity index (χ4v) is 1.27. The largest absolute Gasteiger partial charge is 0.152 e. The molecule has 0 fully saturated rings. The van der Waals surface area contributed by atoms with Gasteiger partial charge in [-0.25, -0.2) is 0 Å².